The minimum absolute atomic E-state index is 0.275. The molecule has 1 heterocycles. The number of hydrogen-bond acceptors (Lipinski definition) is 4. The predicted octanol–water partition coefficient (Wildman–Crippen LogP) is 0.945. The number of nitrogens with two attached hydrogens (primary N) is 1. The maximum atomic E-state index is 11.5. The van der Waals surface area contributed by atoms with Gasteiger partial charge >= 0.3 is 0 Å². The van der Waals surface area contributed by atoms with Crippen molar-refractivity contribution in [2.24, 2.45) is 11.7 Å². The molecule has 2 N–H and O–H groups in total. The first kappa shape index (κ1) is 15.2. The highest BCUT2D eigenvalue weighted by Crippen LogP contribution is 2.23. The van der Waals surface area contributed by atoms with E-state index in [-0.39, 0.29) is 12.1 Å². The van der Waals surface area contributed by atoms with Crippen molar-refractivity contribution in [1.82, 2.24) is 4.31 Å². The van der Waals surface area contributed by atoms with Gasteiger partial charge in [-0.25, -0.2) is 12.7 Å². The first-order valence-corrected chi connectivity index (χ1v) is 9.12. The maximum absolute atomic E-state index is 11.5. The maximum Gasteiger partial charge on any atom is 0.211 e. The summed E-state index contributed by atoms with van der Waals surface area (Å²) in [6.07, 6.45) is 7.85. The molecule has 0 spiro atoms. The van der Waals surface area contributed by atoms with Crippen molar-refractivity contribution in [3.63, 3.8) is 0 Å². The third kappa shape index (κ3) is 4.70. The molecule has 0 aromatic rings. The molecular weight excluding hydrogens is 264 g/mol. The van der Waals surface area contributed by atoms with E-state index in [9.17, 15) is 8.42 Å². The van der Waals surface area contributed by atoms with E-state index in [1.165, 1.54) is 6.26 Å². The van der Waals surface area contributed by atoms with Gasteiger partial charge in [0.2, 0.25) is 10.0 Å². The summed E-state index contributed by atoms with van der Waals surface area (Å²) in [5, 5.41) is 0. The van der Waals surface area contributed by atoms with Gasteiger partial charge in [0.25, 0.3) is 0 Å². The van der Waals surface area contributed by atoms with Gasteiger partial charge in [0, 0.05) is 19.1 Å². The van der Waals surface area contributed by atoms with Gasteiger partial charge in [0.1, 0.15) is 0 Å². The second-order valence-electron chi connectivity index (χ2n) is 6.01. The summed E-state index contributed by atoms with van der Waals surface area (Å²) in [5.41, 5.74) is 5.95. The molecule has 2 fully saturated rings. The highest BCUT2D eigenvalue weighted by Gasteiger charge is 2.27. The summed E-state index contributed by atoms with van der Waals surface area (Å²) in [5.74, 6) is 0.335. The average molecular weight is 290 g/mol. The molecule has 2 rings (SSSR count). The van der Waals surface area contributed by atoms with Gasteiger partial charge in [0.05, 0.1) is 19.0 Å². The van der Waals surface area contributed by atoms with E-state index in [0.717, 1.165) is 38.5 Å². The molecule has 3 atom stereocenters. The predicted molar refractivity (Wildman–Crippen MR) is 75.3 cm³/mol. The first-order chi connectivity index (χ1) is 8.95. The van der Waals surface area contributed by atoms with E-state index < -0.39 is 10.0 Å². The zero-order valence-electron chi connectivity index (χ0n) is 11.8. The largest absolute Gasteiger partial charge is 0.378 e. The molecule has 3 unspecified atom stereocenters. The van der Waals surface area contributed by atoms with Crippen molar-refractivity contribution in [2.75, 3.05) is 26.0 Å². The van der Waals surface area contributed by atoms with E-state index in [4.69, 9.17) is 10.5 Å². The molecule has 5 nitrogen and oxygen atoms in total. The molecule has 1 aliphatic heterocycles. The Morgan fingerprint density at radius 1 is 1.26 bits per heavy atom. The molecule has 112 valence electrons. The van der Waals surface area contributed by atoms with E-state index in [2.05, 4.69) is 0 Å². The van der Waals surface area contributed by atoms with Gasteiger partial charge in [-0.1, -0.05) is 0 Å². The molecular formula is C13H26N2O3S. The molecule has 0 amide bonds. The lowest BCUT2D eigenvalue weighted by molar-refractivity contribution is -0.00495. The fourth-order valence-electron chi connectivity index (χ4n) is 3.07. The average Bonchev–Trinajstić information content (AvgIpc) is 2.36. The molecule has 6 heteroatoms. The van der Waals surface area contributed by atoms with Crippen molar-refractivity contribution >= 4 is 10.0 Å². The normalized spacial score (nSPS) is 34.3. The van der Waals surface area contributed by atoms with Crippen LogP contribution in [0.5, 0.6) is 0 Å². The molecule has 2 aliphatic rings. The van der Waals surface area contributed by atoms with Gasteiger partial charge in [-0.15, -0.1) is 0 Å². The number of ether oxygens (including phenoxy) is 1. The summed E-state index contributed by atoms with van der Waals surface area (Å²) in [6, 6.07) is 0.276. The molecule has 19 heavy (non-hydrogen) atoms. The van der Waals surface area contributed by atoms with Crippen molar-refractivity contribution in [3.8, 4) is 0 Å². The van der Waals surface area contributed by atoms with E-state index in [0.29, 0.717) is 25.6 Å². The third-order valence-corrected chi connectivity index (χ3v) is 5.45. The second-order valence-corrected chi connectivity index (χ2v) is 7.99. The van der Waals surface area contributed by atoms with Crippen molar-refractivity contribution < 1.29 is 13.2 Å². The van der Waals surface area contributed by atoms with E-state index in [1.807, 2.05) is 0 Å². The van der Waals surface area contributed by atoms with Crippen LogP contribution in [-0.4, -0.2) is 50.8 Å². The standard InChI is InChI=1S/C13H26N2O3S/c1-19(16,17)15-7-3-4-11(9-15)10-18-13-6-2-5-12(14)8-13/h11-13H,2-10,14H2,1H3. The van der Waals surface area contributed by atoms with E-state index >= 15 is 0 Å². The Bertz CT molecular complexity index is 385. The highest BCUT2D eigenvalue weighted by atomic mass is 32.2. The first-order valence-electron chi connectivity index (χ1n) is 7.27. The zero-order chi connectivity index (χ0) is 13.9. The minimum atomic E-state index is -3.05. The van der Waals surface area contributed by atoms with Crippen molar-refractivity contribution in [3.05, 3.63) is 0 Å². The van der Waals surface area contributed by atoms with E-state index in [1.54, 1.807) is 4.31 Å². The van der Waals surface area contributed by atoms with Gasteiger partial charge in [-0.3, -0.25) is 0 Å². The van der Waals surface area contributed by atoms with Crippen LogP contribution in [0.15, 0.2) is 0 Å². The Morgan fingerprint density at radius 3 is 2.74 bits per heavy atom. The fraction of sp³-hybridized carbons (Fsp3) is 1.00. The fourth-order valence-corrected chi connectivity index (χ4v) is 4.01. The smallest absolute Gasteiger partial charge is 0.211 e. The Kier molecular flexibility index (Phi) is 5.22. The molecule has 0 radical (unpaired) electrons. The molecule has 1 saturated heterocycles. The third-order valence-electron chi connectivity index (χ3n) is 4.19. The van der Waals surface area contributed by atoms with Crippen LogP contribution in [0.4, 0.5) is 0 Å². The Balaban J connectivity index is 1.76. The van der Waals surface area contributed by atoms with Crippen LogP contribution in [-0.2, 0) is 14.8 Å². The summed E-state index contributed by atoms with van der Waals surface area (Å²) >= 11 is 0. The SMILES string of the molecule is CS(=O)(=O)N1CCCC(COC2CCCC(N)C2)C1. The van der Waals surface area contributed by atoms with Crippen LogP contribution in [0, 0.1) is 5.92 Å². The van der Waals surface area contributed by atoms with Crippen LogP contribution in [0.2, 0.25) is 0 Å². The molecule has 0 aromatic carbocycles. The monoisotopic (exact) mass is 290 g/mol. The highest BCUT2D eigenvalue weighted by molar-refractivity contribution is 7.88. The van der Waals surface area contributed by atoms with Crippen molar-refractivity contribution in [2.45, 2.75) is 50.7 Å². The Labute approximate surface area is 116 Å². The quantitative estimate of drug-likeness (QED) is 0.836. The Hall–Kier alpha value is -0.170. The van der Waals surface area contributed by atoms with Gasteiger partial charge in [-0.05, 0) is 44.4 Å². The lowest BCUT2D eigenvalue weighted by atomic mass is 9.93. The lowest BCUT2D eigenvalue weighted by Gasteiger charge is -2.33. The van der Waals surface area contributed by atoms with Crippen LogP contribution >= 0.6 is 0 Å². The van der Waals surface area contributed by atoms with Gasteiger partial charge in [-0.2, -0.15) is 0 Å². The summed E-state index contributed by atoms with van der Waals surface area (Å²) in [7, 11) is -3.05. The topological polar surface area (TPSA) is 72.6 Å². The second kappa shape index (κ2) is 6.52. The number of sulfonamides is 1. The summed E-state index contributed by atoms with van der Waals surface area (Å²) in [4.78, 5) is 0. The van der Waals surface area contributed by atoms with Crippen LogP contribution in [0.3, 0.4) is 0 Å². The lowest BCUT2D eigenvalue weighted by Crippen LogP contribution is -2.41. The summed E-state index contributed by atoms with van der Waals surface area (Å²) in [6.45, 7) is 1.94. The minimum Gasteiger partial charge on any atom is -0.378 e. The number of hydrogen-bond donors (Lipinski definition) is 1. The Morgan fingerprint density at radius 2 is 2.05 bits per heavy atom. The molecule has 1 aliphatic carbocycles. The van der Waals surface area contributed by atoms with Crippen LogP contribution in [0.25, 0.3) is 0 Å². The molecule has 0 bridgehead atoms. The van der Waals surface area contributed by atoms with Gasteiger partial charge in [0.15, 0.2) is 0 Å². The number of rotatable bonds is 4. The number of piperidine rings is 1. The zero-order valence-corrected chi connectivity index (χ0v) is 12.6. The van der Waals surface area contributed by atoms with Crippen molar-refractivity contribution in [1.29, 1.82) is 0 Å². The molecule has 1 saturated carbocycles. The van der Waals surface area contributed by atoms with Crippen LogP contribution in [0.1, 0.15) is 38.5 Å². The molecule has 0 aromatic heterocycles. The summed E-state index contributed by atoms with van der Waals surface area (Å²) < 4.78 is 30.6. The van der Waals surface area contributed by atoms with Crippen LogP contribution < -0.4 is 5.73 Å². The number of nitrogens with zero attached hydrogens (tertiary/aromatic N) is 1. The van der Waals surface area contributed by atoms with Gasteiger partial charge < -0.3 is 10.5 Å².